The highest BCUT2D eigenvalue weighted by Crippen LogP contribution is 2.22. The van der Waals surface area contributed by atoms with Crippen LogP contribution in [-0.2, 0) is 9.53 Å². The number of ether oxygens (including phenoxy) is 1. The van der Waals surface area contributed by atoms with E-state index in [1.165, 1.54) is 19.3 Å². The molecule has 0 saturated carbocycles. The van der Waals surface area contributed by atoms with Crippen LogP contribution in [0.4, 0.5) is 0 Å². The predicted octanol–water partition coefficient (Wildman–Crippen LogP) is 2.70. The van der Waals surface area contributed by atoms with Crippen molar-refractivity contribution in [3.05, 3.63) is 0 Å². The van der Waals surface area contributed by atoms with Gasteiger partial charge in [0.1, 0.15) is 0 Å². The van der Waals surface area contributed by atoms with Crippen LogP contribution in [0, 0.1) is 11.8 Å². The number of rotatable bonds is 3. The van der Waals surface area contributed by atoms with E-state index < -0.39 is 0 Å². The van der Waals surface area contributed by atoms with Crippen LogP contribution in [0.3, 0.4) is 0 Å². The Bertz CT molecular complexity index is 218. The van der Waals surface area contributed by atoms with Gasteiger partial charge in [-0.2, -0.15) is 0 Å². The van der Waals surface area contributed by atoms with Crippen LogP contribution in [0.2, 0.25) is 0 Å². The predicted molar refractivity (Wildman–Crippen MR) is 69.9 cm³/mol. The molecule has 0 atom stereocenters. The summed E-state index contributed by atoms with van der Waals surface area (Å²) in [5.41, 5.74) is 0. The van der Waals surface area contributed by atoms with Gasteiger partial charge in [0.25, 0.3) is 0 Å². The van der Waals surface area contributed by atoms with E-state index in [1.807, 2.05) is 18.7 Å². The van der Waals surface area contributed by atoms with E-state index in [2.05, 4.69) is 6.92 Å². The van der Waals surface area contributed by atoms with Gasteiger partial charge in [0.15, 0.2) is 0 Å². The van der Waals surface area contributed by atoms with Gasteiger partial charge in [0.2, 0.25) is 5.91 Å². The van der Waals surface area contributed by atoms with Crippen LogP contribution in [0.5, 0.6) is 0 Å². The highest BCUT2D eigenvalue weighted by Gasteiger charge is 2.26. The van der Waals surface area contributed by atoms with Crippen LogP contribution >= 0.6 is 0 Å². The molecule has 2 heterocycles. The Balaban J connectivity index is 0.000000686. The molecule has 0 radical (unpaired) electrons. The van der Waals surface area contributed by atoms with E-state index in [0.29, 0.717) is 18.2 Å². The minimum atomic E-state index is 0.345. The topological polar surface area (TPSA) is 29.5 Å². The number of carbonyl (C=O) groups excluding carboxylic acids is 1. The van der Waals surface area contributed by atoms with Crippen LogP contribution < -0.4 is 0 Å². The molecule has 0 aromatic heterocycles. The summed E-state index contributed by atoms with van der Waals surface area (Å²) in [6.45, 7) is 9.78. The third kappa shape index (κ3) is 4.30. The lowest BCUT2D eigenvalue weighted by molar-refractivity contribution is -0.138. The van der Waals surface area contributed by atoms with Crippen LogP contribution in [-0.4, -0.2) is 37.1 Å². The average Bonchev–Trinajstić information content (AvgIpc) is 2.36. The van der Waals surface area contributed by atoms with E-state index in [4.69, 9.17) is 4.74 Å². The molecule has 2 fully saturated rings. The highest BCUT2D eigenvalue weighted by atomic mass is 16.5. The van der Waals surface area contributed by atoms with Crippen molar-refractivity contribution in [1.82, 2.24) is 4.90 Å². The Kier molecular flexibility index (Phi) is 6.56. The van der Waals surface area contributed by atoms with Crippen molar-refractivity contribution in [2.75, 3.05) is 26.3 Å². The van der Waals surface area contributed by atoms with Crippen molar-refractivity contribution in [2.24, 2.45) is 11.8 Å². The number of hydrogen-bond donors (Lipinski definition) is 0. The van der Waals surface area contributed by atoms with Gasteiger partial charge < -0.3 is 9.64 Å². The summed E-state index contributed by atoms with van der Waals surface area (Å²) in [4.78, 5) is 13.9. The average molecular weight is 241 g/mol. The quantitative estimate of drug-likeness (QED) is 0.760. The fourth-order valence-electron chi connectivity index (χ4n) is 2.37. The molecular formula is C14H27NO2. The molecule has 2 saturated heterocycles. The number of amides is 1. The number of carbonyl (C=O) groups is 1. The minimum absolute atomic E-state index is 0.345. The van der Waals surface area contributed by atoms with Crippen molar-refractivity contribution in [2.45, 2.75) is 46.5 Å². The molecule has 0 aliphatic carbocycles. The first-order valence-electron chi connectivity index (χ1n) is 7.15. The standard InChI is InChI=1S/C12H21NO2.C2H6/c1-2-10-3-5-13(6-4-10)12(14)7-11-8-15-9-11;1-2/h10-11H,2-9H2,1H3;1-2H3. The van der Waals surface area contributed by atoms with Gasteiger partial charge in [-0.25, -0.2) is 0 Å². The molecule has 3 nitrogen and oxygen atoms in total. The Morgan fingerprint density at radius 1 is 1.18 bits per heavy atom. The van der Waals surface area contributed by atoms with Gasteiger partial charge >= 0.3 is 0 Å². The summed E-state index contributed by atoms with van der Waals surface area (Å²) >= 11 is 0. The van der Waals surface area contributed by atoms with Gasteiger partial charge in [-0.1, -0.05) is 27.2 Å². The summed E-state index contributed by atoms with van der Waals surface area (Å²) in [7, 11) is 0. The molecule has 100 valence electrons. The van der Waals surface area contributed by atoms with Crippen LogP contribution in [0.25, 0.3) is 0 Å². The Labute approximate surface area is 106 Å². The zero-order valence-electron chi connectivity index (χ0n) is 11.6. The first-order chi connectivity index (χ1) is 8.29. The van der Waals surface area contributed by atoms with E-state index >= 15 is 0 Å². The molecule has 2 aliphatic rings. The number of likely N-dealkylation sites (tertiary alicyclic amines) is 1. The molecular weight excluding hydrogens is 214 g/mol. The third-order valence-corrected chi connectivity index (χ3v) is 3.71. The van der Waals surface area contributed by atoms with E-state index in [0.717, 1.165) is 32.2 Å². The summed E-state index contributed by atoms with van der Waals surface area (Å²) < 4.78 is 5.09. The monoisotopic (exact) mass is 241 g/mol. The fraction of sp³-hybridized carbons (Fsp3) is 0.929. The van der Waals surface area contributed by atoms with Crippen LogP contribution in [0.1, 0.15) is 46.5 Å². The molecule has 2 aliphatic heterocycles. The smallest absolute Gasteiger partial charge is 0.223 e. The van der Waals surface area contributed by atoms with Gasteiger partial charge in [-0.15, -0.1) is 0 Å². The lowest BCUT2D eigenvalue weighted by Gasteiger charge is -2.34. The van der Waals surface area contributed by atoms with E-state index in [1.54, 1.807) is 0 Å². The first-order valence-corrected chi connectivity index (χ1v) is 7.15. The molecule has 3 heteroatoms. The third-order valence-electron chi connectivity index (χ3n) is 3.71. The normalized spacial score (nSPS) is 21.5. The Hall–Kier alpha value is -0.570. The summed E-state index contributed by atoms with van der Waals surface area (Å²) in [5.74, 6) is 1.69. The summed E-state index contributed by atoms with van der Waals surface area (Å²) in [5, 5.41) is 0. The lowest BCUT2D eigenvalue weighted by Crippen LogP contribution is -2.41. The Morgan fingerprint density at radius 2 is 1.76 bits per heavy atom. The number of hydrogen-bond acceptors (Lipinski definition) is 2. The van der Waals surface area contributed by atoms with E-state index in [-0.39, 0.29) is 0 Å². The first kappa shape index (κ1) is 14.5. The zero-order chi connectivity index (χ0) is 12.7. The SMILES string of the molecule is CC.CCC1CCN(C(=O)CC2COC2)CC1. The molecule has 0 spiro atoms. The van der Waals surface area contributed by atoms with Crippen LogP contribution in [0.15, 0.2) is 0 Å². The van der Waals surface area contributed by atoms with Crippen molar-refractivity contribution in [3.63, 3.8) is 0 Å². The summed E-state index contributed by atoms with van der Waals surface area (Å²) in [6, 6.07) is 0. The molecule has 2 rings (SSSR count). The highest BCUT2D eigenvalue weighted by molar-refractivity contribution is 5.76. The molecule has 1 amide bonds. The van der Waals surface area contributed by atoms with Gasteiger partial charge in [0, 0.05) is 25.4 Å². The second kappa shape index (κ2) is 7.70. The molecule has 0 aromatic carbocycles. The molecule has 0 bridgehead atoms. The lowest BCUT2D eigenvalue weighted by atomic mass is 9.93. The maximum Gasteiger partial charge on any atom is 0.223 e. The molecule has 0 N–H and O–H groups in total. The number of nitrogens with zero attached hydrogens (tertiary/aromatic N) is 1. The van der Waals surface area contributed by atoms with Crippen molar-refractivity contribution in [1.29, 1.82) is 0 Å². The second-order valence-electron chi connectivity index (χ2n) is 4.84. The van der Waals surface area contributed by atoms with E-state index in [9.17, 15) is 4.79 Å². The maximum absolute atomic E-state index is 11.9. The largest absolute Gasteiger partial charge is 0.381 e. The second-order valence-corrected chi connectivity index (χ2v) is 4.84. The number of piperidine rings is 1. The molecule has 17 heavy (non-hydrogen) atoms. The van der Waals surface area contributed by atoms with Crippen molar-refractivity contribution in [3.8, 4) is 0 Å². The summed E-state index contributed by atoms with van der Waals surface area (Å²) in [6.07, 6.45) is 4.36. The van der Waals surface area contributed by atoms with Crippen molar-refractivity contribution < 1.29 is 9.53 Å². The van der Waals surface area contributed by atoms with Crippen molar-refractivity contribution >= 4 is 5.91 Å². The fourth-order valence-corrected chi connectivity index (χ4v) is 2.37. The van der Waals surface area contributed by atoms with Gasteiger partial charge in [-0.05, 0) is 18.8 Å². The minimum Gasteiger partial charge on any atom is -0.381 e. The molecule has 0 unspecified atom stereocenters. The van der Waals surface area contributed by atoms with Gasteiger partial charge in [0.05, 0.1) is 13.2 Å². The Morgan fingerprint density at radius 3 is 2.18 bits per heavy atom. The van der Waals surface area contributed by atoms with Gasteiger partial charge in [-0.3, -0.25) is 4.79 Å². The zero-order valence-corrected chi connectivity index (χ0v) is 11.6. The molecule has 0 aromatic rings. The maximum atomic E-state index is 11.9.